The van der Waals surface area contributed by atoms with E-state index in [0.717, 1.165) is 6.42 Å². The lowest BCUT2D eigenvalue weighted by atomic mass is 10.1. The monoisotopic (exact) mass is 260 g/mol. The van der Waals surface area contributed by atoms with Gasteiger partial charge >= 0.3 is 0 Å². The second-order valence-corrected chi connectivity index (χ2v) is 5.88. The number of halogens is 1. The van der Waals surface area contributed by atoms with Crippen LogP contribution in [0.3, 0.4) is 0 Å². The molecule has 1 rings (SSSR count). The topological polar surface area (TPSA) is 26.3 Å². The number of rotatable bonds is 6. The Kier molecular flexibility index (Phi) is 5.46. The molecule has 0 fully saturated rings. The lowest BCUT2D eigenvalue weighted by Gasteiger charge is -2.12. The molecule has 2 nitrogen and oxygen atoms in total. The van der Waals surface area contributed by atoms with Crippen LogP contribution in [-0.2, 0) is 4.74 Å². The van der Waals surface area contributed by atoms with Gasteiger partial charge in [-0.05, 0) is 31.4 Å². The van der Waals surface area contributed by atoms with Gasteiger partial charge in [0.15, 0.2) is 0 Å². The molecule has 1 atom stereocenters. The summed E-state index contributed by atoms with van der Waals surface area (Å²) in [5, 5.41) is 0. The molecule has 0 bridgehead atoms. The molecule has 1 heterocycles. The molecular weight excluding hydrogens is 244 g/mol. The fraction of sp³-hybridized carbons (Fsp3) is 0.583. The Labute approximate surface area is 106 Å². The predicted octanol–water partition coefficient (Wildman–Crippen LogP) is 4.04. The van der Waals surface area contributed by atoms with Gasteiger partial charge in [-0.3, -0.25) is 4.79 Å². The average molecular weight is 261 g/mol. The Morgan fingerprint density at radius 2 is 2.12 bits per heavy atom. The molecule has 90 valence electrons. The normalized spacial score (nSPS) is 13.1. The number of hydrogen-bond acceptors (Lipinski definition) is 3. The van der Waals surface area contributed by atoms with E-state index in [1.807, 2.05) is 0 Å². The molecule has 1 aromatic rings. The van der Waals surface area contributed by atoms with Gasteiger partial charge in [-0.1, -0.05) is 25.4 Å². The lowest BCUT2D eigenvalue weighted by molar-refractivity contribution is 0.0447. The Morgan fingerprint density at radius 3 is 2.62 bits per heavy atom. The minimum absolute atomic E-state index is 0.0145. The smallest absolute Gasteiger partial charge is 0.201 e. The van der Waals surface area contributed by atoms with Gasteiger partial charge in [-0.2, -0.15) is 0 Å². The maximum absolute atomic E-state index is 11.9. The zero-order valence-electron chi connectivity index (χ0n) is 9.83. The second-order valence-electron chi connectivity index (χ2n) is 4.16. The fourth-order valence-electron chi connectivity index (χ4n) is 1.20. The van der Waals surface area contributed by atoms with E-state index in [1.54, 1.807) is 19.1 Å². The molecule has 4 heteroatoms. The second kappa shape index (κ2) is 6.38. The first kappa shape index (κ1) is 13.7. The highest BCUT2D eigenvalue weighted by molar-refractivity contribution is 7.18. The van der Waals surface area contributed by atoms with Crippen LogP contribution >= 0.6 is 22.9 Å². The summed E-state index contributed by atoms with van der Waals surface area (Å²) in [6.45, 7) is 6.68. The third-order valence-electron chi connectivity index (χ3n) is 2.25. The SMILES string of the molecule is CC(C)CCOC(C)C(=O)c1ccc(Cl)s1. The summed E-state index contributed by atoms with van der Waals surface area (Å²) in [5.41, 5.74) is 0. The van der Waals surface area contributed by atoms with Gasteiger partial charge < -0.3 is 4.74 Å². The van der Waals surface area contributed by atoms with Crippen molar-refractivity contribution in [1.29, 1.82) is 0 Å². The van der Waals surface area contributed by atoms with Crippen LogP contribution in [0.4, 0.5) is 0 Å². The van der Waals surface area contributed by atoms with E-state index >= 15 is 0 Å². The maximum atomic E-state index is 11.9. The van der Waals surface area contributed by atoms with E-state index in [9.17, 15) is 4.79 Å². The molecule has 0 saturated heterocycles. The molecule has 0 aliphatic rings. The molecule has 0 saturated carbocycles. The summed E-state index contributed by atoms with van der Waals surface area (Å²) < 4.78 is 6.13. The summed E-state index contributed by atoms with van der Waals surface area (Å²) >= 11 is 7.08. The van der Waals surface area contributed by atoms with Crippen LogP contribution < -0.4 is 0 Å². The summed E-state index contributed by atoms with van der Waals surface area (Å²) in [6.07, 6.45) is 0.594. The van der Waals surface area contributed by atoms with Gasteiger partial charge in [0.05, 0.1) is 9.21 Å². The molecule has 0 aromatic carbocycles. The average Bonchev–Trinajstić information content (AvgIpc) is 2.63. The van der Waals surface area contributed by atoms with Crippen LogP contribution in [-0.4, -0.2) is 18.5 Å². The van der Waals surface area contributed by atoms with Crippen molar-refractivity contribution in [2.75, 3.05) is 6.61 Å². The number of carbonyl (C=O) groups is 1. The third-order valence-corrected chi connectivity index (χ3v) is 3.49. The van der Waals surface area contributed by atoms with Gasteiger partial charge in [0.1, 0.15) is 6.10 Å². The van der Waals surface area contributed by atoms with Crippen LogP contribution in [0.25, 0.3) is 0 Å². The van der Waals surface area contributed by atoms with Crippen molar-refractivity contribution >= 4 is 28.7 Å². The van der Waals surface area contributed by atoms with Gasteiger partial charge in [-0.15, -0.1) is 11.3 Å². The Morgan fingerprint density at radius 1 is 1.44 bits per heavy atom. The summed E-state index contributed by atoms with van der Waals surface area (Å²) in [5.74, 6) is 0.610. The summed E-state index contributed by atoms with van der Waals surface area (Å²) in [4.78, 5) is 12.5. The third kappa shape index (κ3) is 4.24. The highest BCUT2D eigenvalue weighted by Gasteiger charge is 2.17. The zero-order valence-corrected chi connectivity index (χ0v) is 11.4. The van der Waals surface area contributed by atoms with Crippen LogP contribution in [0.2, 0.25) is 4.34 Å². The highest BCUT2D eigenvalue weighted by atomic mass is 35.5. The highest BCUT2D eigenvalue weighted by Crippen LogP contribution is 2.23. The number of ketones is 1. The van der Waals surface area contributed by atoms with Crippen molar-refractivity contribution in [3.8, 4) is 0 Å². The summed E-state index contributed by atoms with van der Waals surface area (Å²) in [6, 6.07) is 3.48. The van der Waals surface area contributed by atoms with E-state index < -0.39 is 0 Å². The molecule has 0 spiro atoms. The van der Waals surface area contributed by atoms with Crippen molar-refractivity contribution in [3.05, 3.63) is 21.3 Å². The number of Topliss-reactive ketones (excluding diaryl/α,β-unsaturated/α-hetero) is 1. The van der Waals surface area contributed by atoms with Crippen molar-refractivity contribution in [3.63, 3.8) is 0 Å². The number of ether oxygens (including phenoxy) is 1. The van der Waals surface area contributed by atoms with E-state index in [4.69, 9.17) is 16.3 Å². The van der Waals surface area contributed by atoms with Crippen LogP contribution in [0.5, 0.6) is 0 Å². The van der Waals surface area contributed by atoms with Crippen molar-refractivity contribution in [1.82, 2.24) is 0 Å². The Hall–Kier alpha value is -0.380. The Balaban J connectivity index is 2.42. The van der Waals surface area contributed by atoms with Crippen molar-refractivity contribution in [2.45, 2.75) is 33.3 Å². The molecule has 1 aromatic heterocycles. The van der Waals surface area contributed by atoms with Gasteiger partial charge in [0.25, 0.3) is 0 Å². The van der Waals surface area contributed by atoms with Crippen molar-refractivity contribution < 1.29 is 9.53 Å². The first-order valence-corrected chi connectivity index (χ1v) is 6.61. The zero-order chi connectivity index (χ0) is 12.1. The Bertz CT molecular complexity index is 347. The minimum atomic E-state index is -0.381. The molecule has 16 heavy (non-hydrogen) atoms. The van der Waals surface area contributed by atoms with E-state index in [-0.39, 0.29) is 11.9 Å². The predicted molar refractivity (Wildman–Crippen MR) is 68.5 cm³/mol. The van der Waals surface area contributed by atoms with E-state index in [2.05, 4.69) is 13.8 Å². The number of carbonyl (C=O) groups excluding carboxylic acids is 1. The standard InChI is InChI=1S/C12H17ClO2S/c1-8(2)6-7-15-9(3)12(14)10-4-5-11(13)16-10/h4-5,8-9H,6-7H2,1-3H3. The van der Waals surface area contributed by atoms with E-state index in [0.29, 0.717) is 21.7 Å². The molecule has 0 aliphatic heterocycles. The molecule has 0 N–H and O–H groups in total. The number of hydrogen-bond donors (Lipinski definition) is 0. The molecule has 0 amide bonds. The minimum Gasteiger partial charge on any atom is -0.370 e. The van der Waals surface area contributed by atoms with Crippen LogP contribution in [0.15, 0.2) is 12.1 Å². The van der Waals surface area contributed by atoms with Crippen LogP contribution in [0.1, 0.15) is 36.9 Å². The largest absolute Gasteiger partial charge is 0.370 e. The number of thiophene rings is 1. The first-order chi connectivity index (χ1) is 7.50. The van der Waals surface area contributed by atoms with Crippen molar-refractivity contribution in [2.24, 2.45) is 5.92 Å². The molecule has 1 unspecified atom stereocenters. The van der Waals surface area contributed by atoms with Gasteiger partial charge in [-0.25, -0.2) is 0 Å². The van der Waals surface area contributed by atoms with Gasteiger partial charge in [0.2, 0.25) is 5.78 Å². The fourth-order valence-corrected chi connectivity index (χ4v) is 2.26. The van der Waals surface area contributed by atoms with E-state index in [1.165, 1.54) is 11.3 Å². The van der Waals surface area contributed by atoms with Gasteiger partial charge in [0, 0.05) is 6.61 Å². The molecular formula is C12H17ClO2S. The first-order valence-electron chi connectivity index (χ1n) is 5.42. The lowest BCUT2D eigenvalue weighted by Crippen LogP contribution is -2.21. The maximum Gasteiger partial charge on any atom is 0.201 e. The molecule has 0 aliphatic carbocycles. The molecule has 0 radical (unpaired) electrons. The summed E-state index contributed by atoms with van der Waals surface area (Å²) in [7, 11) is 0. The quantitative estimate of drug-likeness (QED) is 0.722. The van der Waals surface area contributed by atoms with Crippen LogP contribution in [0, 0.1) is 5.92 Å².